The van der Waals surface area contributed by atoms with Crippen LogP contribution in [0.2, 0.25) is 0 Å². The van der Waals surface area contributed by atoms with E-state index in [0.29, 0.717) is 6.42 Å². The van der Waals surface area contributed by atoms with Gasteiger partial charge in [-0.2, -0.15) is 0 Å². The Labute approximate surface area is 173 Å². The molecular formula is C20H22N8O2. The van der Waals surface area contributed by atoms with Crippen LogP contribution in [0.4, 0.5) is 11.4 Å². The number of nitrogens with zero attached hydrogens (tertiary/aromatic N) is 6. The van der Waals surface area contributed by atoms with Crippen molar-refractivity contribution in [2.24, 2.45) is 27.6 Å². The summed E-state index contributed by atoms with van der Waals surface area (Å²) in [5, 5.41) is 7.06. The Morgan fingerprint density at radius 3 is 2.00 bits per heavy atom. The van der Waals surface area contributed by atoms with E-state index >= 15 is 0 Å². The van der Waals surface area contributed by atoms with Gasteiger partial charge in [-0.15, -0.1) is 0 Å². The average molecular weight is 406 g/mol. The van der Waals surface area contributed by atoms with Crippen LogP contribution in [-0.4, -0.2) is 17.2 Å². The van der Waals surface area contributed by atoms with E-state index in [1.54, 1.807) is 24.3 Å². The number of ketones is 2. The number of rotatable bonds is 10. The maximum absolute atomic E-state index is 13.4. The molecule has 1 atom stereocenters. The first-order valence-corrected chi connectivity index (χ1v) is 9.33. The quantitative estimate of drug-likeness (QED) is 0.184. The lowest BCUT2D eigenvalue weighted by Crippen LogP contribution is -2.63. The van der Waals surface area contributed by atoms with Crippen molar-refractivity contribution in [2.45, 2.75) is 31.8 Å². The van der Waals surface area contributed by atoms with E-state index in [0.717, 1.165) is 6.42 Å². The minimum absolute atomic E-state index is 0.0259. The summed E-state index contributed by atoms with van der Waals surface area (Å²) in [6.45, 7) is 1.93. The molecule has 0 fully saturated rings. The predicted octanol–water partition coefficient (Wildman–Crippen LogP) is 5.06. The third-order valence-corrected chi connectivity index (χ3v) is 4.76. The van der Waals surface area contributed by atoms with E-state index in [1.165, 1.54) is 24.3 Å². The van der Waals surface area contributed by atoms with Gasteiger partial charge in [-0.25, -0.2) is 0 Å². The molecule has 154 valence electrons. The average Bonchev–Trinajstić information content (AvgIpc) is 2.74. The van der Waals surface area contributed by atoms with Crippen LogP contribution in [0.1, 0.15) is 46.9 Å². The molecule has 2 rings (SSSR count). The van der Waals surface area contributed by atoms with E-state index < -0.39 is 23.1 Å². The van der Waals surface area contributed by atoms with Crippen LogP contribution < -0.4 is 11.5 Å². The monoisotopic (exact) mass is 406 g/mol. The minimum Gasteiger partial charge on any atom is -0.306 e. The fraction of sp³-hybridized carbons (Fsp3) is 0.300. The molecule has 4 N–H and O–H groups in total. The highest BCUT2D eigenvalue weighted by molar-refractivity contribution is 6.12. The molecule has 0 aliphatic rings. The lowest BCUT2D eigenvalue weighted by Gasteiger charge is -2.32. The summed E-state index contributed by atoms with van der Waals surface area (Å²) in [4.78, 5) is 32.1. The van der Waals surface area contributed by atoms with Gasteiger partial charge in [-0.1, -0.05) is 78.5 Å². The molecule has 0 amide bonds. The molecule has 2 aromatic carbocycles. The Balaban J connectivity index is 2.55. The molecule has 0 radical (unpaired) electrons. The first kappa shape index (κ1) is 22.6. The van der Waals surface area contributed by atoms with Gasteiger partial charge in [0.05, 0.1) is 5.92 Å². The number of unbranched alkanes of at least 4 members (excludes halogenated alkanes) is 1. The number of carbonyl (C=O) groups is 2. The second-order valence-corrected chi connectivity index (χ2v) is 6.73. The molecule has 30 heavy (non-hydrogen) atoms. The van der Waals surface area contributed by atoms with Gasteiger partial charge in [-0.3, -0.25) is 9.59 Å². The molecule has 0 saturated heterocycles. The molecule has 10 heteroatoms. The van der Waals surface area contributed by atoms with Gasteiger partial charge in [-0.05, 0) is 17.5 Å². The molecule has 0 aliphatic carbocycles. The highest BCUT2D eigenvalue weighted by Gasteiger charge is 2.43. The summed E-state index contributed by atoms with van der Waals surface area (Å²) in [6, 6.07) is 12.3. The van der Waals surface area contributed by atoms with E-state index in [4.69, 9.17) is 22.5 Å². The number of hydrogen-bond acceptors (Lipinski definition) is 6. The van der Waals surface area contributed by atoms with Crippen LogP contribution in [0.5, 0.6) is 0 Å². The Kier molecular flexibility index (Phi) is 7.69. The van der Waals surface area contributed by atoms with Gasteiger partial charge in [0.1, 0.15) is 5.66 Å². The first-order chi connectivity index (χ1) is 14.4. The number of nitrogens with two attached hydrogens (primary N) is 2. The van der Waals surface area contributed by atoms with Crippen molar-refractivity contribution in [3.63, 3.8) is 0 Å². The van der Waals surface area contributed by atoms with Gasteiger partial charge in [0, 0.05) is 32.3 Å². The van der Waals surface area contributed by atoms with Crippen LogP contribution >= 0.6 is 0 Å². The van der Waals surface area contributed by atoms with Gasteiger partial charge >= 0.3 is 0 Å². The second-order valence-electron chi connectivity index (χ2n) is 6.73. The molecule has 0 aliphatic heterocycles. The highest BCUT2D eigenvalue weighted by Crippen LogP contribution is 2.31. The Bertz CT molecular complexity index is 1040. The van der Waals surface area contributed by atoms with Crippen molar-refractivity contribution < 1.29 is 9.59 Å². The maximum atomic E-state index is 13.4. The van der Waals surface area contributed by atoms with Gasteiger partial charge < -0.3 is 11.5 Å². The van der Waals surface area contributed by atoms with Crippen LogP contribution in [0, 0.1) is 5.92 Å². The number of Topliss-reactive ketones (excluding diaryl/α,β-unsaturated/α-hetero) is 2. The van der Waals surface area contributed by atoms with Crippen molar-refractivity contribution in [2.75, 3.05) is 0 Å². The molecule has 1 unspecified atom stereocenters. The van der Waals surface area contributed by atoms with E-state index in [2.05, 4.69) is 20.1 Å². The van der Waals surface area contributed by atoms with Crippen LogP contribution in [0.25, 0.3) is 20.9 Å². The molecule has 0 bridgehead atoms. The topological polar surface area (TPSA) is 184 Å². The molecular weight excluding hydrogens is 384 g/mol. The molecule has 0 heterocycles. The Morgan fingerprint density at radius 2 is 1.47 bits per heavy atom. The molecule has 10 nitrogen and oxygen atoms in total. The zero-order valence-corrected chi connectivity index (χ0v) is 16.5. The maximum Gasteiger partial charge on any atom is 0.198 e. The number of carbonyl (C=O) groups excluding carboxylic acids is 2. The van der Waals surface area contributed by atoms with Crippen molar-refractivity contribution in [1.29, 1.82) is 0 Å². The standard InChI is InChI=1S/C20H22N8O2/c1-2-3-10-15(18(29)13-8-4-6-11-16(13)25-27-23)20(21,22)19(30)14-9-5-7-12-17(14)26-28-24/h4-9,11-12,15H,2-3,10,21-22H2,1H3. The van der Waals surface area contributed by atoms with Crippen LogP contribution in [-0.2, 0) is 0 Å². The largest absolute Gasteiger partial charge is 0.306 e. The van der Waals surface area contributed by atoms with Crippen molar-refractivity contribution in [1.82, 2.24) is 0 Å². The number of hydrogen-bond donors (Lipinski definition) is 2. The zero-order chi connectivity index (χ0) is 22.1. The lowest BCUT2D eigenvalue weighted by molar-refractivity contribution is 0.0715. The van der Waals surface area contributed by atoms with Gasteiger partial charge in [0.2, 0.25) is 0 Å². The van der Waals surface area contributed by atoms with E-state index in [1.807, 2.05) is 6.92 Å². The second kappa shape index (κ2) is 10.2. The van der Waals surface area contributed by atoms with E-state index in [9.17, 15) is 9.59 Å². The SMILES string of the molecule is CCCCC(C(=O)c1ccccc1N=[N+]=[N-])C(N)(N)C(=O)c1ccccc1N=[N+]=[N-]. The van der Waals surface area contributed by atoms with Crippen LogP contribution in [0.15, 0.2) is 58.8 Å². The summed E-state index contributed by atoms with van der Waals surface area (Å²) < 4.78 is 0. The fourth-order valence-electron chi connectivity index (χ4n) is 3.19. The van der Waals surface area contributed by atoms with E-state index in [-0.39, 0.29) is 28.9 Å². The third-order valence-electron chi connectivity index (χ3n) is 4.76. The zero-order valence-electron chi connectivity index (χ0n) is 16.5. The minimum atomic E-state index is -2.07. The third kappa shape index (κ3) is 4.83. The summed E-state index contributed by atoms with van der Waals surface area (Å²) in [6.07, 6.45) is 1.60. The Hall–Kier alpha value is -3.68. The molecule has 0 spiro atoms. The van der Waals surface area contributed by atoms with Crippen molar-refractivity contribution in [3.05, 3.63) is 80.5 Å². The fourth-order valence-corrected chi connectivity index (χ4v) is 3.19. The van der Waals surface area contributed by atoms with Crippen LogP contribution in [0.3, 0.4) is 0 Å². The smallest absolute Gasteiger partial charge is 0.198 e. The van der Waals surface area contributed by atoms with Crippen molar-refractivity contribution in [3.8, 4) is 0 Å². The number of benzene rings is 2. The summed E-state index contributed by atoms with van der Waals surface area (Å²) in [5.41, 5.74) is 28.4. The molecule has 2 aromatic rings. The normalized spacial score (nSPS) is 11.7. The highest BCUT2D eigenvalue weighted by atomic mass is 16.1. The summed E-state index contributed by atoms with van der Waals surface area (Å²) in [7, 11) is 0. The molecule has 0 saturated carbocycles. The predicted molar refractivity (Wildman–Crippen MR) is 113 cm³/mol. The first-order valence-electron chi connectivity index (χ1n) is 9.33. The Morgan fingerprint density at radius 1 is 0.967 bits per heavy atom. The van der Waals surface area contributed by atoms with Gasteiger partial charge in [0.25, 0.3) is 0 Å². The summed E-state index contributed by atoms with van der Waals surface area (Å²) in [5.74, 6) is -2.30. The lowest BCUT2D eigenvalue weighted by atomic mass is 9.78. The van der Waals surface area contributed by atoms with Gasteiger partial charge in [0.15, 0.2) is 11.6 Å². The summed E-state index contributed by atoms with van der Waals surface area (Å²) >= 11 is 0. The molecule has 0 aromatic heterocycles. The van der Waals surface area contributed by atoms with Crippen molar-refractivity contribution >= 4 is 22.9 Å². The number of azide groups is 2.